The molecule has 0 fully saturated rings. The number of carbonyl (C=O) groups is 2. The first-order valence-electron chi connectivity index (χ1n) is 15.6. The summed E-state index contributed by atoms with van der Waals surface area (Å²) in [4.78, 5) is 32.2. The van der Waals surface area contributed by atoms with Crippen molar-refractivity contribution in [3.05, 3.63) is 99.5 Å². The van der Waals surface area contributed by atoms with Crippen molar-refractivity contribution in [2.45, 2.75) is 76.5 Å². The number of aliphatic hydroxyl groups excluding tert-OH is 1. The fraction of sp³-hybridized carbons (Fsp3) is 0.417. The van der Waals surface area contributed by atoms with Crippen molar-refractivity contribution in [3.63, 3.8) is 0 Å². The molecule has 0 saturated carbocycles. The molecule has 0 unspecified atom stereocenters. The molecule has 3 aromatic carbocycles. The Labute approximate surface area is 281 Å². The minimum absolute atomic E-state index is 0.0211. The van der Waals surface area contributed by atoms with E-state index < -0.39 is 23.2 Å². The lowest BCUT2D eigenvalue weighted by atomic mass is 9.83. The van der Waals surface area contributed by atoms with Crippen LogP contribution < -0.4 is 10.1 Å². The number of hydrogen-bond acceptors (Lipinski definition) is 7. The summed E-state index contributed by atoms with van der Waals surface area (Å²) in [6, 6.07) is 22.3. The number of ether oxygens (including phenoxy) is 3. The quantitative estimate of drug-likeness (QED) is 0.130. The van der Waals surface area contributed by atoms with Crippen LogP contribution in [0.4, 0.5) is 0 Å². The van der Waals surface area contributed by atoms with Crippen LogP contribution in [-0.2, 0) is 25.5 Å². The van der Waals surface area contributed by atoms with Gasteiger partial charge in [0.1, 0.15) is 11.4 Å². The van der Waals surface area contributed by atoms with Gasteiger partial charge in [-0.05, 0) is 88.4 Å². The Kier molecular flexibility index (Phi) is 12.5. The van der Waals surface area contributed by atoms with Crippen LogP contribution in [0.5, 0.6) is 5.75 Å². The van der Waals surface area contributed by atoms with E-state index in [0.717, 1.165) is 19.3 Å². The topological polar surface area (TPSA) is 106 Å². The van der Waals surface area contributed by atoms with E-state index in [1.54, 1.807) is 63.2 Å². The maximum atomic E-state index is 14.3. The molecule has 2 atom stereocenters. The Balaban J connectivity index is 1.64. The van der Waals surface area contributed by atoms with Gasteiger partial charge < -0.3 is 24.6 Å². The van der Waals surface area contributed by atoms with Gasteiger partial charge in [0.15, 0.2) is 11.6 Å². The number of unbranched alkanes of at least 4 members (excludes halogenated alkanes) is 1. The van der Waals surface area contributed by atoms with Gasteiger partial charge >= 0.3 is 5.97 Å². The van der Waals surface area contributed by atoms with E-state index in [-0.39, 0.29) is 31.3 Å². The molecule has 1 heterocycles. The Morgan fingerprint density at radius 3 is 2.41 bits per heavy atom. The van der Waals surface area contributed by atoms with Crippen molar-refractivity contribution in [2.24, 2.45) is 4.99 Å². The lowest BCUT2D eigenvalue weighted by Gasteiger charge is -2.31. The van der Waals surface area contributed by atoms with Crippen LogP contribution in [0.3, 0.4) is 0 Å². The van der Waals surface area contributed by atoms with Gasteiger partial charge in [0, 0.05) is 47.2 Å². The molecule has 2 N–H and O–H groups in total. The Hall–Kier alpha value is -3.59. The number of aliphatic hydroxyl groups is 1. The minimum atomic E-state index is -1.53. The van der Waals surface area contributed by atoms with Crippen molar-refractivity contribution in [2.75, 3.05) is 19.8 Å². The third-order valence-corrected chi connectivity index (χ3v) is 7.99. The lowest BCUT2D eigenvalue weighted by molar-refractivity contribution is -0.155. The summed E-state index contributed by atoms with van der Waals surface area (Å²) in [5.74, 6) is 0.0427. The van der Waals surface area contributed by atoms with Crippen molar-refractivity contribution in [1.82, 2.24) is 5.32 Å². The molecule has 1 aliphatic rings. The predicted octanol–water partition coefficient (Wildman–Crippen LogP) is 7.27. The Bertz CT molecular complexity index is 1490. The monoisotopic (exact) mass is 668 g/mol. The highest BCUT2D eigenvalue weighted by atomic mass is 35.5. The van der Waals surface area contributed by atoms with E-state index >= 15 is 0 Å². The summed E-state index contributed by atoms with van der Waals surface area (Å²) in [6.45, 7) is 6.23. The standard InChI is InChI=1S/C36H42Cl2N2O6/c1-35(2,3)46-31(42)19-20-36(34(43)39-21-8-7-12-25-10-5-4-6-11-25)32(29-18-15-27(37)24-30(29)38)45-33(40-36)26-13-16-28(17-14-26)44-23-9-22-41/h4-6,10-11,13-18,24,32,41H,7-9,12,19-23H2,1-3H3,(H,39,43)/t32-,36-/m1/s1. The summed E-state index contributed by atoms with van der Waals surface area (Å²) in [5.41, 5.74) is 0.172. The summed E-state index contributed by atoms with van der Waals surface area (Å²) < 4.78 is 17.7. The summed E-state index contributed by atoms with van der Waals surface area (Å²) in [7, 11) is 0. The first-order chi connectivity index (χ1) is 22.0. The number of nitrogens with zero attached hydrogens (tertiary/aromatic N) is 1. The highest BCUT2D eigenvalue weighted by Gasteiger charge is 2.54. The summed E-state index contributed by atoms with van der Waals surface area (Å²) >= 11 is 12.9. The number of hydrogen-bond donors (Lipinski definition) is 2. The fourth-order valence-corrected chi connectivity index (χ4v) is 5.71. The number of rotatable bonds is 15. The number of benzene rings is 3. The van der Waals surface area contributed by atoms with Gasteiger partial charge in [0.2, 0.25) is 5.90 Å². The maximum absolute atomic E-state index is 14.3. The Morgan fingerprint density at radius 1 is 1.00 bits per heavy atom. The van der Waals surface area contributed by atoms with Crippen LogP contribution in [0.2, 0.25) is 10.0 Å². The molecule has 0 bridgehead atoms. The molecular weight excluding hydrogens is 627 g/mol. The number of halogens is 2. The fourth-order valence-electron chi connectivity index (χ4n) is 5.20. The van der Waals surface area contributed by atoms with Crippen LogP contribution in [0.25, 0.3) is 0 Å². The van der Waals surface area contributed by atoms with Gasteiger partial charge in [-0.1, -0.05) is 59.6 Å². The number of aliphatic imine (C=N–C) groups is 1. The molecule has 0 aromatic heterocycles. The number of amides is 1. The van der Waals surface area contributed by atoms with Gasteiger partial charge in [-0.2, -0.15) is 0 Å². The van der Waals surface area contributed by atoms with Crippen molar-refractivity contribution in [1.29, 1.82) is 0 Å². The zero-order valence-corrected chi connectivity index (χ0v) is 28.1. The number of aryl methyl sites for hydroxylation is 1. The number of esters is 1. The summed E-state index contributed by atoms with van der Waals surface area (Å²) in [5, 5.41) is 12.9. The summed E-state index contributed by atoms with van der Waals surface area (Å²) in [6.07, 6.45) is 2.06. The first kappa shape index (κ1) is 35.3. The number of nitrogens with one attached hydrogen (secondary N) is 1. The van der Waals surface area contributed by atoms with Gasteiger partial charge in [0.25, 0.3) is 5.91 Å². The average Bonchev–Trinajstić information content (AvgIpc) is 3.40. The van der Waals surface area contributed by atoms with E-state index in [0.29, 0.717) is 46.5 Å². The van der Waals surface area contributed by atoms with E-state index in [9.17, 15) is 9.59 Å². The van der Waals surface area contributed by atoms with Crippen molar-refractivity contribution in [3.8, 4) is 5.75 Å². The van der Waals surface area contributed by atoms with E-state index in [4.69, 9.17) is 47.5 Å². The highest BCUT2D eigenvalue weighted by molar-refractivity contribution is 6.35. The molecule has 3 aromatic rings. The molecule has 4 rings (SSSR count). The first-order valence-corrected chi connectivity index (χ1v) is 16.4. The van der Waals surface area contributed by atoms with Crippen LogP contribution >= 0.6 is 23.2 Å². The molecule has 0 radical (unpaired) electrons. The third-order valence-electron chi connectivity index (χ3n) is 7.43. The molecule has 1 amide bonds. The Morgan fingerprint density at radius 2 is 1.74 bits per heavy atom. The third kappa shape index (κ3) is 9.71. The number of carbonyl (C=O) groups excluding carboxylic acids is 2. The molecule has 8 nitrogen and oxygen atoms in total. The SMILES string of the molecule is CC(C)(C)OC(=O)CC[C@@]1(C(=O)NCCCCc2ccccc2)N=C(c2ccc(OCCCO)cc2)O[C@@H]1c1ccc(Cl)cc1Cl. The molecule has 46 heavy (non-hydrogen) atoms. The van der Waals surface area contributed by atoms with Crippen LogP contribution in [0, 0.1) is 0 Å². The van der Waals surface area contributed by atoms with E-state index in [1.165, 1.54) is 5.56 Å². The molecule has 1 aliphatic heterocycles. The largest absolute Gasteiger partial charge is 0.494 e. The lowest BCUT2D eigenvalue weighted by Crippen LogP contribution is -2.49. The predicted molar refractivity (Wildman–Crippen MR) is 181 cm³/mol. The second kappa shape index (κ2) is 16.3. The zero-order chi connectivity index (χ0) is 33.2. The van der Waals surface area contributed by atoms with Crippen LogP contribution in [-0.4, -0.2) is 53.8 Å². The van der Waals surface area contributed by atoms with Crippen LogP contribution in [0.1, 0.15) is 75.7 Å². The maximum Gasteiger partial charge on any atom is 0.306 e. The van der Waals surface area contributed by atoms with Crippen LogP contribution in [0.15, 0.2) is 77.8 Å². The zero-order valence-electron chi connectivity index (χ0n) is 26.6. The highest BCUT2D eigenvalue weighted by Crippen LogP contribution is 2.45. The normalized spacial score (nSPS) is 17.6. The smallest absolute Gasteiger partial charge is 0.306 e. The molecule has 246 valence electrons. The second-order valence-corrected chi connectivity index (χ2v) is 13.1. The van der Waals surface area contributed by atoms with Gasteiger partial charge in [-0.15, -0.1) is 0 Å². The van der Waals surface area contributed by atoms with Crippen molar-refractivity contribution < 1.29 is 28.9 Å². The van der Waals surface area contributed by atoms with Gasteiger partial charge in [-0.3, -0.25) is 9.59 Å². The van der Waals surface area contributed by atoms with E-state index in [2.05, 4.69) is 17.4 Å². The van der Waals surface area contributed by atoms with Gasteiger partial charge in [0.05, 0.1) is 6.61 Å². The molecule has 10 heteroatoms. The molecular formula is C36H42Cl2N2O6. The molecule has 0 saturated heterocycles. The van der Waals surface area contributed by atoms with Gasteiger partial charge in [-0.25, -0.2) is 4.99 Å². The minimum Gasteiger partial charge on any atom is -0.494 e. The van der Waals surface area contributed by atoms with E-state index in [1.807, 2.05) is 18.2 Å². The molecule has 0 spiro atoms. The second-order valence-electron chi connectivity index (χ2n) is 12.2. The average molecular weight is 670 g/mol. The molecule has 0 aliphatic carbocycles. The van der Waals surface area contributed by atoms with Crippen molar-refractivity contribution >= 4 is 41.0 Å².